The smallest absolute Gasteiger partial charge is 0.238 e. The van der Waals surface area contributed by atoms with Crippen molar-refractivity contribution in [2.24, 2.45) is 0 Å². The Morgan fingerprint density at radius 2 is 0.727 bits per heavy atom. The zero-order chi connectivity index (χ0) is 44.0. The number of anilines is 3. The molecule has 5 heteroatoms. The molecule has 0 fully saturated rings. The minimum absolute atomic E-state index is 0.324. The largest absolute Gasteiger partial charge is 0.279 e. The van der Waals surface area contributed by atoms with E-state index < -0.39 is 0 Å². The van der Waals surface area contributed by atoms with E-state index in [1.807, 2.05) is 65.6 Å². The number of aromatic nitrogens is 3. The highest BCUT2D eigenvalue weighted by Crippen LogP contribution is 2.48. The highest BCUT2D eigenvalue weighted by molar-refractivity contribution is 6.25. The van der Waals surface area contributed by atoms with E-state index in [9.17, 15) is 4.39 Å². The van der Waals surface area contributed by atoms with E-state index in [4.69, 9.17) is 15.0 Å². The second-order valence-electron chi connectivity index (χ2n) is 16.5. The van der Waals surface area contributed by atoms with Gasteiger partial charge in [-0.1, -0.05) is 194 Å². The van der Waals surface area contributed by atoms with Crippen LogP contribution in [0.2, 0.25) is 0 Å². The number of nitrogens with zero attached hydrogens (tertiary/aromatic N) is 4. The SMILES string of the molecule is Fc1ccc(N(c2ccc(-c3ccc4c(-c5cccc6ccccc56)c5ccccc5c(-c5cccc6ccccc56)c4c3)cc2)c2nc(-c3ccccc3)nc(-c3ccccc3)n2)cc1. The lowest BCUT2D eigenvalue weighted by molar-refractivity contribution is 0.628. The fourth-order valence-corrected chi connectivity index (χ4v) is 9.50. The quantitative estimate of drug-likeness (QED) is 0.143. The van der Waals surface area contributed by atoms with Crippen LogP contribution < -0.4 is 4.90 Å². The average molecular weight is 847 g/mol. The molecule has 0 aliphatic heterocycles. The lowest BCUT2D eigenvalue weighted by atomic mass is 9.83. The summed E-state index contributed by atoms with van der Waals surface area (Å²) in [5, 5.41) is 9.63. The molecule has 0 saturated carbocycles. The maximum absolute atomic E-state index is 14.5. The standard InChI is InChI=1S/C61H39FN4/c62-46-32-36-48(37-33-46)66(61-64-59(43-17-3-1-4-18-43)63-60(65-61)44-19-5-2-6-20-44)47-34-29-40(30-35-47)45-31-38-55-56(39-45)58(52-28-14-22-42-16-8-10-24-50(42)52)54-26-12-11-25-53(54)57(55)51-27-13-21-41-15-7-9-23-49(41)51/h1-39H. The van der Waals surface area contributed by atoms with E-state index in [0.717, 1.165) is 27.9 Å². The van der Waals surface area contributed by atoms with Gasteiger partial charge in [0.15, 0.2) is 11.6 Å². The molecule has 0 saturated heterocycles. The highest BCUT2D eigenvalue weighted by Gasteiger charge is 2.22. The van der Waals surface area contributed by atoms with Gasteiger partial charge in [0.25, 0.3) is 0 Å². The van der Waals surface area contributed by atoms with Crippen LogP contribution in [0.3, 0.4) is 0 Å². The zero-order valence-electron chi connectivity index (χ0n) is 35.7. The van der Waals surface area contributed by atoms with Gasteiger partial charge >= 0.3 is 0 Å². The molecule has 1 aromatic heterocycles. The number of benzene rings is 11. The van der Waals surface area contributed by atoms with Gasteiger partial charge in [0.2, 0.25) is 5.95 Å². The van der Waals surface area contributed by atoms with Gasteiger partial charge in [0, 0.05) is 22.5 Å². The molecule has 0 N–H and O–H groups in total. The van der Waals surface area contributed by atoms with Crippen molar-refractivity contribution in [2.45, 2.75) is 0 Å². The summed E-state index contributed by atoms with van der Waals surface area (Å²) in [5.74, 6) is 1.17. The fourth-order valence-electron chi connectivity index (χ4n) is 9.50. The second-order valence-corrected chi connectivity index (χ2v) is 16.5. The maximum Gasteiger partial charge on any atom is 0.238 e. The first kappa shape index (κ1) is 38.8. The molecule has 0 spiro atoms. The third-order valence-electron chi connectivity index (χ3n) is 12.6. The lowest BCUT2D eigenvalue weighted by Crippen LogP contribution is -2.15. The third-order valence-corrected chi connectivity index (χ3v) is 12.6. The molecule has 0 amide bonds. The summed E-state index contributed by atoms with van der Waals surface area (Å²) in [6.45, 7) is 0. The van der Waals surface area contributed by atoms with Crippen LogP contribution in [0.1, 0.15) is 0 Å². The highest BCUT2D eigenvalue weighted by atomic mass is 19.1. The van der Waals surface area contributed by atoms with Crippen molar-refractivity contribution in [1.82, 2.24) is 15.0 Å². The molecule has 0 aliphatic rings. The number of rotatable bonds is 8. The van der Waals surface area contributed by atoms with Crippen molar-refractivity contribution in [3.8, 4) is 56.2 Å². The van der Waals surface area contributed by atoms with Crippen molar-refractivity contribution in [3.63, 3.8) is 0 Å². The Labute approximate surface area is 381 Å². The van der Waals surface area contributed by atoms with Crippen molar-refractivity contribution in [3.05, 3.63) is 242 Å². The summed E-state index contributed by atoms with van der Waals surface area (Å²) in [4.78, 5) is 17.0. The molecule has 0 atom stereocenters. The van der Waals surface area contributed by atoms with Crippen LogP contribution in [-0.2, 0) is 0 Å². The zero-order valence-corrected chi connectivity index (χ0v) is 35.7. The minimum Gasteiger partial charge on any atom is -0.279 e. The monoisotopic (exact) mass is 846 g/mol. The first-order valence-electron chi connectivity index (χ1n) is 22.1. The van der Waals surface area contributed by atoms with Crippen LogP contribution in [0.4, 0.5) is 21.7 Å². The second kappa shape index (κ2) is 16.4. The molecule has 0 unspecified atom stereocenters. The van der Waals surface area contributed by atoms with Crippen LogP contribution >= 0.6 is 0 Å². The predicted octanol–water partition coefficient (Wildman–Crippen LogP) is 16.4. The summed E-state index contributed by atoms with van der Waals surface area (Å²) in [7, 11) is 0. The van der Waals surface area contributed by atoms with Gasteiger partial charge in [0.05, 0.1) is 0 Å². The summed E-state index contributed by atoms with van der Waals surface area (Å²) in [6.07, 6.45) is 0. The van der Waals surface area contributed by atoms with Crippen molar-refractivity contribution in [1.29, 1.82) is 0 Å². The lowest BCUT2D eigenvalue weighted by Gasteiger charge is -2.24. The molecular formula is C61H39FN4. The van der Waals surface area contributed by atoms with E-state index in [2.05, 4.69) is 152 Å². The van der Waals surface area contributed by atoms with Crippen molar-refractivity contribution in [2.75, 3.05) is 4.90 Å². The molecule has 310 valence electrons. The molecule has 0 radical (unpaired) electrons. The van der Waals surface area contributed by atoms with E-state index in [0.29, 0.717) is 23.3 Å². The van der Waals surface area contributed by atoms with Crippen LogP contribution in [-0.4, -0.2) is 15.0 Å². The molecule has 11 aromatic carbocycles. The van der Waals surface area contributed by atoms with Gasteiger partial charge < -0.3 is 0 Å². The van der Waals surface area contributed by atoms with Gasteiger partial charge in [-0.25, -0.2) is 9.37 Å². The predicted molar refractivity (Wildman–Crippen MR) is 272 cm³/mol. The molecule has 12 rings (SSSR count). The van der Waals surface area contributed by atoms with Crippen LogP contribution in [0.15, 0.2) is 237 Å². The van der Waals surface area contributed by atoms with E-state index in [1.165, 1.54) is 77.5 Å². The Morgan fingerprint density at radius 1 is 0.303 bits per heavy atom. The van der Waals surface area contributed by atoms with Gasteiger partial charge in [-0.3, -0.25) is 4.90 Å². The Bertz CT molecular complexity index is 3690. The van der Waals surface area contributed by atoms with Crippen molar-refractivity contribution >= 4 is 60.4 Å². The molecule has 0 bridgehead atoms. The van der Waals surface area contributed by atoms with Crippen LogP contribution in [0.25, 0.3) is 99.2 Å². The van der Waals surface area contributed by atoms with Crippen LogP contribution in [0.5, 0.6) is 0 Å². The summed E-state index contributed by atoms with van der Waals surface area (Å²) < 4.78 is 14.5. The Morgan fingerprint density at radius 3 is 1.27 bits per heavy atom. The van der Waals surface area contributed by atoms with E-state index in [-0.39, 0.29) is 5.82 Å². The molecule has 12 aromatic rings. The Hall–Kier alpha value is -8.80. The minimum atomic E-state index is -0.324. The molecule has 1 heterocycles. The average Bonchev–Trinajstić information content (AvgIpc) is 3.39. The van der Waals surface area contributed by atoms with Gasteiger partial charge in [-0.2, -0.15) is 9.97 Å². The molecule has 66 heavy (non-hydrogen) atoms. The molecule has 0 aliphatic carbocycles. The number of fused-ring (bicyclic) bond motifs is 4. The normalized spacial score (nSPS) is 11.4. The van der Waals surface area contributed by atoms with Crippen LogP contribution in [0, 0.1) is 5.82 Å². The molecule has 4 nitrogen and oxygen atoms in total. The summed E-state index contributed by atoms with van der Waals surface area (Å²) in [5.41, 5.74) is 10.2. The number of hydrogen-bond acceptors (Lipinski definition) is 4. The number of hydrogen-bond donors (Lipinski definition) is 0. The van der Waals surface area contributed by atoms with Gasteiger partial charge in [-0.15, -0.1) is 0 Å². The summed E-state index contributed by atoms with van der Waals surface area (Å²) in [6, 6.07) is 81.1. The van der Waals surface area contributed by atoms with Crippen molar-refractivity contribution < 1.29 is 4.39 Å². The van der Waals surface area contributed by atoms with Gasteiger partial charge in [0.1, 0.15) is 5.82 Å². The molecular weight excluding hydrogens is 808 g/mol. The maximum atomic E-state index is 14.5. The third kappa shape index (κ3) is 6.91. The topological polar surface area (TPSA) is 41.9 Å². The van der Waals surface area contributed by atoms with Gasteiger partial charge in [-0.05, 0) is 119 Å². The van der Waals surface area contributed by atoms with E-state index >= 15 is 0 Å². The van der Waals surface area contributed by atoms with E-state index in [1.54, 1.807) is 12.1 Å². The first-order valence-corrected chi connectivity index (χ1v) is 22.1. The fraction of sp³-hybridized carbons (Fsp3) is 0. The Kier molecular flexibility index (Phi) is 9.65. The summed E-state index contributed by atoms with van der Waals surface area (Å²) >= 11 is 0. The Balaban J connectivity index is 1.06. The number of halogens is 1. The first-order chi connectivity index (χ1) is 32.6.